The third-order valence-electron chi connectivity index (χ3n) is 6.14. The maximum absolute atomic E-state index is 12.9. The number of methoxy groups -OCH3 is 1. The molecule has 0 spiro atoms. The molecule has 186 valence electrons. The molecule has 9 heteroatoms. The number of sulfonamides is 1. The van der Waals surface area contributed by atoms with E-state index in [-0.39, 0.29) is 24.4 Å². The summed E-state index contributed by atoms with van der Waals surface area (Å²) in [6.07, 6.45) is -1.23. The van der Waals surface area contributed by atoms with Crippen LogP contribution in [0.4, 0.5) is 0 Å². The van der Waals surface area contributed by atoms with Gasteiger partial charge in [-0.3, -0.25) is 9.59 Å². The molecule has 0 bridgehead atoms. The zero-order chi connectivity index (χ0) is 25.6. The van der Waals surface area contributed by atoms with E-state index in [0.717, 1.165) is 22.3 Å². The molecule has 34 heavy (non-hydrogen) atoms. The number of hydrogen-bond donors (Lipinski definition) is 2. The number of carbonyl (C=O) groups excluding carboxylic acids is 2. The highest BCUT2D eigenvalue weighted by molar-refractivity contribution is 7.89. The topological polar surface area (TPSA) is 111 Å². The summed E-state index contributed by atoms with van der Waals surface area (Å²) in [5.74, 6) is -0.492. The fraction of sp³-hybridized carbons (Fsp3) is 0.440. The van der Waals surface area contributed by atoms with E-state index >= 15 is 0 Å². The van der Waals surface area contributed by atoms with E-state index in [9.17, 15) is 18.0 Å². The highest BCUT2D eigenvalue weighted by Crippen LogP contribution is 2.29. The Morgan fingerprint density at radius 1 is 0.941 bits per heavy atom. The molecule has 0 aromatic heterocycles. The molecule has 0 radical (unpaired) electrons. The van der Waals surface area contributed by atoms with E-state index in [1.165, 1.54) is 6.92 Å². The summed E-state index contributed by atoms with van der Waals surface area (Å²) < 4.78 is 38.8. The third-order valence-corrected chi connectivity index (χ3v) is 7.88. The van der Waals surface area contributed by atoms with Crippen LogP contribution in [0.2, 0.25) is 0 Å². The number of rotatable bonds is 10. The van der Waals surface area contributed by atoms with Gasteiger partial charge in [-0.1, -0.05) is 18.2 Å². The van der Waals surface area contributed by atoms with E-state index in [0.29, 0.717) is 16.9 Å². The Balaban J connectivity index is 1.91. The molecule has 0 fully saturated rings. The lowest BCUT2D eigenvalue weighted by molar-refractivity contribution is -0.154. The third kappa shape index (κ3) is 6.36. The van der Waals surface area contributed by atoms with Crippen molar-refractivity contribution in [1.82, 2.24) is 10.0 Å². The lowest BCUT2D eigenvalue weighted by atomic mass is 9.95. The number of benzene rings is 2. The van der Waals surface area contributed by atoms with Gasteiger partial charge in [0.2, 0.25) is 10.0 Å². The molecule has 0 aliphatic carbocycles. The maximum Gasteiger partial charge on any atom is 0.307 e. The molecule has 2 rings (SSSR count). The molecule has 2 aromatic rings. The molecule has 0 saturated heterocycles. The van der Waals surface area contributed by atoms with Gasteiger partial charge in [-0.15, -0.1) is 0 Å². The standard InChI is InChI=1S/C25H34N2O6S/c1-15-16(2)18(4)24(19(5)17(15)3)34(30,31)27-13-12-23(28)33-20(6)25(29)26-14-21-10-8-9-11-22(21)32-7/h8-11,20,27H,12-14H2,1-7H3,(H,26,29). The van der Waals surface area contributed by atoms with Crippen LogP contribution in [0.25, 0.3) is 0 Å². The SMILES string of the molecule is COc1ccccc1CNC(=O)C(C)OC(=O)CCNS(=O)(=O)c1c(C)c(C)c(C)c(C)c1C. The Kier molecular flexibility index (Phi) is 9.23. The molecule has 8 nitrogen and oxygen atoms in total. The van der Waals surface area contributed by atoms with Crippen molar-refractivity contribution in [2.24, 2.45) is 0 Å². The van der Waals surface area contributed by atoms with E-state index < -0.39 is 28.0 Å². The summed E-state index contributed by atoms with van der Waals surface area (Å²) >= 11 is 0. The smallest absolute Gasteiger partial charge is 0.307 e. The minimum absolute atomic E-state index is 0.137. The van der Waals surface area contributed by atoms with Gasteiger partial charge in [0.05, 0.1) is 18.4 Å². The van der Waals surface area contributed by atoms with Gasteiger partial charge in [0.15, 0.2) is 6.10 Å². The second-order valence-corrected chi connectivity index (χ2v) is 9.97. The maximum atomic E-state index is 12.9. The number of carbonyl (C=O) groups is 2. The van der Waals surface area contributed by atoms with Crippen LogP contribution in [0.1, 0.15) is 46.7 Å². The van der Waals surface area contributed by atoms with Crippen molar-refractivity contribution < 1.29 is 27.5 Å². The van der Waals surface area contributed by atoms with Crippen LogP contribution in [0, 0.1) is 34.6 Å². The first kappa shape index (κ1) is 27.3. The molecule has 1 unspecified atom stereocenters. The van der Waals surface area contributed by atoms with Crippen LogP contribution in [0.5, 0.6) is 5.75 Å². The molecule has 1 atom stereocenters. The van der Waals surface area contributed by atoms with Crippen LogP contribution >= 0.6 is 0 Å². The molecular formula is C25H34N2O6S. The first-order chi connectivity index (χ1) is 15.9. The van der Waals surface area contributed by atoms with Gasteiger partial charge in [0.25, 0.3) is 5.91 Å². The number of para-hydroxylation sites is 1. The Morgan fingerprint density at radius 3 is 2.09 bits per heavy atom. The van der Waals surface area contributed by atoms with Crippen molar-refractivity contribution >= 4 is 21.9 Å². The zero-order valence-corrected chi connectivity index (χ0v) is 21.7. The minimum Gasteiger partial charge on any atom is -0.496 e. The van der Waals surface area contributed by atoms with Gasteiger partial charge in [-0.2, -0.15) is 0 Å². The molecule has 2 N–H and O–H groups in total. The number of nitrogens with one attached hydrogen (secondary N) is 2. The van der Waals surface area contributed by atoms with Gasteiger partial charge in [-0.25, -0.2) is 13.1 Å². The summed E-state index contributed by atoms with van der Waals surface area (Å²) in [5, 5.41) is 2.70. The zero-order valence-electron chi connectivity index (χ0n) is 20.9. The van der Waals surface area contributed by atoms with Crippen LogP contribution < -0.4 is 14.8 Å². The number of ether oxygens (including phenoxy) is 2. The molecule has 2 aromatic carbocycles. The Hall–Kier alpha value is -2.91. The summed E-state index contributed by atoms with van der Waals surface area (Å²) in [5.41, 5.74) is 5.09. The molecule has 0 heterocycles. The molecule has 1 amide bonds. The van der Waals surface area contributed by atoms with Crippen LogP contribution in [0.3, 0.4) is 0 Å². The second-order valence-electron chi connectivity index (χ2n) is 8.26. The van der Waals surface area contributed by atoms with Crippen molar-refractivity contribution in [2.75, 3.05) is 13.7 Å². The van der Waals surface area contributed by atoms with Crippen LogP contribution in [-0.2, 0) is 30.9 Å². The van der Waals surface area contributed by atoms with Gasteiger partial charge in [0, 0.05) is 18.7 Å². The predicted molar refractivity (Wildman–Crippen MR) is 130 cm³/mol. The highest BCUT2D eigenvalue weighted by atomic mass is 32.2. The van der Waals surface area contributed by atoms with Gasteiger partial charge >= 0.3 is 5.97 Å². The van der Waals surface area contributed by atoms with Crippen molar-refractivity contribution in [3.05, 3.63) is 57.6 Å². The van der Waals surface area contributed by atoms with Crippen LogP contribution in [-0.4, -0.2) is 40.1 Å². The van der Waals surface area contributed by atoms with E-state index in [1.54, 1.807) is 27.0 Å². The van der Waals surface area contributed by atoms with Crippen LogP contribution in [0.15, 0.2) is 29.2 Å². The van der Waals surface area contributed by atoms with Crippen molar-refractivity contribution in [3.63, 3.8) is 0 Å². The Morgan fingerprint density at radius 2 is 1.50 bits per heavy atom. The lowest BCUT2D eigenvalue weighted by Gasteiger charge is -2.19. The number of esters is 1. The van der Waals surface area contributed by atoms with Crippen molar-refractivity contribution in [3.8, 4) is 5.75 Å². The minimum atomic E-state index is -3.82. The lowest BCUT2D eigenvalue weighted by Crippen LogP contribution is -2.36. The quantitative estimate of drug-likeness (QED) is 0.495. The average Bonchev–Trinajstić information content (AvgIpc) is 2.79. The Labute approximate surface area is 202 Å². The summed E-state index contributed by atoms with van der Waals surface area (Å²) in [7, 11) is -2.27. The average molecular weight is 491 g/mol. The monoisotopic (exact) mass is 490 g/mol. The first-order valence-corrected chi connectivity index (χ1v) is 12.5. The van der Waals surface area contributed by atoms with Crippen molar-refractivity contribution in [1.29, 1.82) is 0 Å². The van der Waals surface area contributed by atoms with E-state index in [4.69, 9.17) is 9.47 Å². The summed E-state index contributed by atoms with van der Waals surface area (Å²) in [6.45, 7) is 10.9. The molecular weight excluding hydrogens is 456 g/mol. The first-order valence-electron chi connectivity index (χ1n) is 11.1. The normalized spacial score (nSPS) is 12.2. The highest BCUT2D eigenvalue weighted by Gasteiger charge is 2.24. The van der Waals surface area contributed by atoms with E-state index in [2.05, 4.69) is 10.0 Å². The molecule has 0 aliphatic rings. The summed E-state index contributed by atoms with van der Waals surface area (Å²) in [4.78, 5) is 24.7. The molecule has 0 saturated carbocycles. The van der Waals surface area contributed by atoms with Gasteiger partial charge in [-0.05, 0) is 75.4 Å². The van der Waals surface area contributed by atoms with Crippen molar-refractivity contribution in [2.45, 2.75) is 65.5 Å². The van der Waals surface area contributed by atoms with E-state index in [1.807, 2.05) is 39.0 Å². The number of amides is 1. The summed E-state index contributed by atoms with van der Waals surface area (Å²) in [6, 6.07) is 7.26. The fourth-order valence-electron chi connectivity index (χ4n) is 3.71. The van der Waals surface area contributed by atoms with Gasteiger partial charge in [0.1, 0.15) is 5.75 Å². The number of hydrogen-bond acceptors (Lipinski definition) is 6. The predicted octanol–water partition coefficient (Wildman–Crippen LogP) is 3.15. The fourth-order valence-corrected chi connectivity index (χ4v) is 5.34. The second kappa shape index (κ2) is 11.5. The molecule has 0 aliphatic heterocycles. The van der Waals surface area contributed by atoms with Gasteiger partial charge < -0.3 is 14.8 Å². The largest absolute Gasteiger partial charge is 0.496 e. The Bertz CT molecular complexity index is 1150.